The van der Waals surface area contributed by atoms with Crippen LogP contribution in [0, 0.1) is 0 Å². The van der Waals surface area contributed by atoms with Crippen molar-refractivity contribution in [1.29, 1.82) is 0 Å². The highest BCUT2D eigenvalue weighted by atomic mass is 35.5. The number of ether oxygens (including phenoxy) is 1. The minimum absolute atomic E-state index is 0.291. The standard InChI is InChI=1S/C17H16Cl2N2O3/c1-24-13-5-2-11(3-6-13)8-9-20-16(22)17(23)21-15-10-12(18)4-7-14(15)19/h2-7,10H,8-9H2,1H3,(H,20,22)(H,21,23). The van der Waals surface area contributed by atoms with Crippen molar-refractivity contribution in [3.63, 3.8) is 0 Å². The molecule has 0 radical (unpaired) electrons. The molecule has 2 amide bonds. The van der Waals surface area contributed by atoms with Gasteiger partial charge in [-0.05, 0) is 42.3 Å². The highest BCUT2D eigenvalue weighted by Gasteiger charge is 2.14. The van der Waals surface area contributed by atoms with E-state index >= 15 is 0 Å². The van der Waals surface area contributed by atoms with E-state index in [-0.39, 0.29) is 0 Å². The maximum absolute atomic E-state index is 11.9. The van der Waals surface area contributed by atoms with Gasteiger partial charge in [0.1, 0.15) is 5.75 Å². The van der Waals surface area contributed by atoms with Crippen molar-refractivity contribution in [3.05, 3.63) is 58.1 Å². The van der Waals surface area contributed by atoms with Gasteiger partial charge in [-0.1, -0.05) is 35.3 Å². The molecule has 0 fully saturated rings. The lowest BCUT2D eigenvalue weighted by atomic mass is 10.1. The summed E-state index contributed by atoms with van der Waals surface area (Å²) in [7, 11) is 1.60. The van der Waals surface area contributed by atoms with Crippen LogP contribution in [0.4, 0.5) is 5.69 Å². The maximum Gasteiger partial charge on any atom is 0.313 e. The van der Waals surface area contributed by atoms with Crippen LogP contribution in [0.15, 0.2) is 42.5 Å². The second-order valence-corrected chi connectivity index (χ2v) is 5.78. The lowest BCUT2D eigenvalue weighted by Crippen LogP contribution is -2.36. The van der Waals surface area contributed by atoms with Crippen molar-refractivity contribution in [2.75, 3.05) is 19.0 Å². The summed E-state index contributed by atoms with van der Waals surface area (Å²) in [5, 5.41) is 5.70. The predicted octanol–water partition coefficient (Wildman–Crippen LogP) is 3.30. The molecule has 2 rings (SSSR count). The molecule has 7 heteroatoms. The summed E-state index contributed by atoms with van der Waals surface area (Å²) >= 11 is 11.8. The molecule has 0 saturated heterocycles. The van der Waals surface area contributed by atoms with Gasteiger partial charge in [-0.15, -0.1) is 0 Å². The SMILES string of the molecule is COc1ccc(CCNC(=O)C(=O)Nc2cc(Cl)ccc2Cl)cc1. The maximum atomic E-state index is 11.9. The van der Waals surface area contributed by atoms with Crippen LogP contribution in [0.3, 0.4) is 0 Å². The van der Waals surface area contributed by atoms with Crippen LogP contribution >= 0.6 is 23.2 Å². The molecule has 0 bridgehead atoms. The minimum Gasteiger partial charge on any atom is -0.497 e. The zero-order chi connectivity index (χ0) is 17.5. The van der Waals surface area contributed by atoms with E-state index in [4.69, 9.17) is 27.9 Å². The third-order valence-electron chi connectivity index (χ3n) is 3.24. The summed E-state index contributed by atoms with van der Waals surface area (Å²) < 4.78 is 5.08. The number of hydrogen-bond acceptors (Lipinski definition) is 3. The highest BCUT2D eigenvalue weighted by Crippen LogP contribution is 2.25. The van der Waals surface area contributed by atoms with Crippen LogP contribution in [0.2, 0.25) is 10.0 Å². The van der Waals surface area contributed by atoms with E-state index in [1.165, 1.54) is 6.07 Å². The van der Waals surface area contributed by atoms with Gasteiger partial charge in [0.15, 0.2) is 0 Å². The monoisotopic (exact) mass is 366 g/mol. The lowest BCUT2D eigenvalue weighted by Gasteiger charge is -2.08. The Morgan fingerprint density at radius 1 is 1.04 bits per heavy atom. The van der Waals surface area contributed by atoms with Gasteiger partial charge in [-0.3, -0.25) is 9.59 Å². The van der Waals surface area contributed by atoms with Gasteiger partial charge < -0.3 is 15.4 Å². The first-order valence-electron chi connectivity index (χ1n) is 7.17. The molecular formula is C17H16Cl2N2O3. The number of benzene rings is 2. The predicted molar refractivity (Wildman–Crippen MR) is 94.8 cm³/mol. The molecule has 126 valence electrons. The summed E-state index contributed by atoms with van der Waals surface area (Å²) in [4.78, 5) is 23.7. The Hall–Kier alpha value is -2.24. The quantitative estimate of drug-likeness (QED) is 0.797. The van der Waals surface area contributed by atoms with Gasteiger partial charge >= 0.3 is 11.8 Å². The molecule has 0 heterocycles. The Morgan fingerprint density at radius 3 is 2.42 bits per heavy atom. The molecule has 24 heavy (non-hydrogen) atoms. The first-order chi connectivity index (χ1) is 11.5. The van der Waals surface area contributed by atoms with Crippen molar-refractivity contribution in [2.45, 2.75) is 6.42 Å². The number of carbonyl (C=O) groups excluding carboxylic acids is 2. The van der Waals surface area contributed by atoms with E-state index in [0.717, 1.165) is 11.3 Å². The van der Waals surface area contributed by atoms with Crippen molar-refractivity contribution in [3.8, 4) is 5.75 Å². The number of anilines is 1. The fraction of sp³-hybridized carbons (Fsp3) is 0.176. The van der Waals surface area contributed by atoms with E-state index in [1.54, 1.807) is 19.2 Å². The van der Waals surface area contributed by atoms with Crippen molar-refractivity contribution < 1.29 is 14.3 Å². The smallest absolute Gasteiger partial charge is 0.313 e. The molecule has 2 aromatic carbocycles. The van der Waals surface area contributed by atoms with Crippen LogP contribution in [0.25, 0.3) is 0 Å². The van der Waals surface area contributed by atoms with E-state index in [2.05, 4.69) is 10.6 Å². The number of amides is 2. The molecule has 5 nitrogen and oxygen atoms in total. The Morgan fingerprint density at radius 2 is 1.75 bits per heavy atom. The normalized spacial score (nSPS) is 10.1. The number of halogens is 2. The summed E-state index contributed by atoms with van der Waals surface area (Å²) in [6.07, 6.45) is 0.598. The third kappa shape index (κ3) is 5.15. The molecule has 2 aromatic rings. The van der Waals surface area contributed by atoms with Crippen molar-refractivity contribution in [2.24, 2.45) is 0 Å². The first-order valence-corrected chi connectivity index (χ1v) is 7.92. The fourth-order valence-electron chi connectivity index (χ4n) is 1.97. The van der Waals surface area contributed by atoms with Crippen LogP contribution in [0.5, 0.6) is 5.75 Å². The Kier molecular flexibility index (Phi) is 6.46. The van der Waals surface area contributed by atoms with E-state index in [9.17, 15) is 9.59 Å². The molecule has 0 unspecified atom stereocenters. The van der Waals surface area contributed by atoms with E-state index in [0.29, 0.717) is 28.7 Å². The molecule has 0 spiro atoms. The van der Waals surface area contributed by atoms with Crippen molar-refractivity contribution >= 4 is 40.7 Å². The molecule has 0 aliphatic carbocycles. The van der Waals surface area contributed by atoms with Gasteiger partial charge in [0.25, 0.3) is 0 Å². The van der Waals surface area contributed by atoms with E-state index in [1.807, 2.05) is 24.3 Å². The minimum atomic E-state index is -0.797. The molecule has 0 atom stereocenters. The van der Waals surface area contributed by atoms with Crippen LogP contribution in [0.1, 0.15) is 5.56 Å². The van der Waals surface area contributed by atoms with Crippen LogP contribution in [-0.4, -0.2) is 25.5 Å². The van der Waals surface area contributed by atoms with Gasteiger partial charge in [-0.2, -0.15) is 0 Å². The summed E-state index contributed by atoms with van der Waals surface area (Å²) in [5.74, 6) is -0.769. The average Bonchev–Trinajstić information content (AvgIpc) is 2.58. The second-order valence-electron chi connectivity index (χ2n) is 4.93. The first kappa shape index (κ1) is 18.1. The fourth-order valence-corrected chi connectivity index (χ4v) is 2.30. The molecule has 0 saturated carbocycles. The van der Waals surface area contributed by atoms with Gasteiger partial charge in [0.05, 0.1) is 17.8 Å². The van der Waals surface area contributed by atoms with Gasteiger partial charge in [-0.25, -0.2) is 0 Å². The zero-order valence-electron chi connectivity index (χ0n) is 12.9. The summed E-state index contributed by atoms with van der Waals surface area (Å²) in [6, 6.07) is 12.1. The molecule has 2 N–H and O–H groups in total. The number of methoxy groups -OCH3 is 1. The van der Waals surface area contributed by atoms with Crippen molar-refractivity contribution in [1.82, 2.24) is 5.32 Å². The van der Waals surface area contributed by atoms with Crippen LogP contribution in [-0.2, 0) is 16.0 Å². The molecule has 0 aromatic heterocycles. The highest BCUT2D eigenvalue weighted by molar-refractivity contribution is 6.42. The summed E-state index contributed by atoms with van der Waals surface area (Å²) in [5.41, 5.74) is 1.31. The lowest BCUT2D eigenvalue weighted by molar-refractivity contribution is -0.136. The number of hydrogen-bond donors (Lipinski definition) is 2. The molecule has 0 aliphatic rings. The zero-order valence-corrected chi connectivity index (χ0v) is 14.4. The van der Waals surface area contributed by atoms with E-state index < -0.39 is 11.8 Å². The number of rotatable bonds is 5. The summed E-state index contributed by atoms with van der Waals surface area (Å²) in [6.45, 7) is 0.335. The average molecular weight is 367 g/mol. The number of carbonyl (C=O) groups is 2. The Balaban J connectivity index is 1.83. The topological polar surface area (TPSA) is 67.4 Å². The van der Waals surface area contributed by atoms with Crippen LogP contribution < -0.4 is 15.4 Å². The van der Waals surface area contributed by atoms with Gasteiger partial charge in [0, 0.05) is 11.6 Å². The molecule has 0 aliphatic heterocycles. The Labute approximate surface area is 149 Å². The second kappa shape index (κ2) is 8.57. The molecular weight excluding hydrogens is 351 g/mol. The third-order valence-corrected chi connectivity index (χ3v) is 3.81. The number of nitrogens with one attached hydrogen (secondary N) is 2. The Bertz CT molecular complexity index is 733. The largest absolute Gasteiger partial charge is 0.497 e. The van der Waals surface area contributed by atoms with Gasteiger partial charge in [0.2, 0.25) is 0 Å².